The first kappa shape index (κ1) is 7.69. The van der Waals surface area contributed by atoms with Gasteiger partial charge in [-0.1, -0.05) is 0 Å². The molecule has 6 heteroatoms. The first-order valence-electron chi connectivity index (χ1n) is 4.42. The highest BCUT2D eigenvalue weighted by molar-refractivity contribution is 5.73. The fraction of sp³-hybridized carbons (Fsp3) is 0.375. The molecule has 0 unspecified atom stereocenters. The van der Waals surface area contributed by atoms with Gasteiger partial charge in [0, 0.05) is 19.3 Å². The van der Waals surface area contributed by atoms with Crippen molar-refractivity contribution in [2.75, 3.05) is 18.0 Å². The number of aliphatic hydroxyl groups is 1. The molecule has 3 heterocycles. The van der Waals surface area contributed by atoms with Crippen LogP contribution in [0.5, 0.6) is 0 Å². The van der Waals surface area contributed by atoms with Crippen LogP contribution in [-0.2, 0) is 0 Å². The van der Waals surface area contributed by atoms with Crippen molar-refractivity contribution < 1.29 is 5.11 Å². The Morgan fingerprint density at radius 1 is 1.43 bits per heavy atom. The average Bonchev–Trinajstić information content (AvgIpc) is 2.59. The van der Waals surface area contributed by atoms with Gasteiger partial charge in [-0.3, -0.25) is 5.10 Å². The summed E-state index contributed by atoms with van der Waals surface area (Å²) < 4.78 is 0. The number of anilines is 1. The molecular weight excluding hydrogens is 182 g/mol. The maximum atomic E-state index is 9.14. The number of fused-ring (bicyclic) bond motifs is 1. The minimum absolute atomic E-state index is 0.240. The van der Waals surface area contributed by atoms with E-state index in [0.29, 0.717) is 19.0 Å². The summed E-state index contributed by atoms with van der Waals surface area (Å²) in [6.07, 6.45) is 3.17. The molecule has 1 aliphatic heterocycles. The van der Waals surface area contributed by atoms with Gasteiger partial charge in [-0.05, 0) is 0 Å². The van der Waals surface area contributed by atoms with E-state index in [9.17, 15) is 0 Å². The maximum Gasteiger partial charge on any atom is 0.227 e. The molecule has 0 aromatic carbocycles. The largest absolute Gasteiger partial charge is 0.389 e. The third-order valence-electron chi connectivity index (χ3n) is 2.32. The Balaban J connectivity index is 1.97. The second-order valence-electron chi connectivity index (χ2n) is 3.40. The zero-order valence-corrected chi connectivity index (χ0v) is 7.38. The summed E-state index contributed by atoms with van der Waals surface area (Å²) in [7, 11) is 0. The van der Waals surface area contributed by atoms with Gasteiger partial charge >= 0.3 is 0 Å². The summed E-state index contributed by atoms with van der Waals surface area (Å²) in [6, 6.07) is 0. The van der Waals surface area contributed by atoms with Gasteiger partial charge in [0.15, 0.2) is 5.65 Å². The Hall–Kier alpha value is -1.69. The Labute approximate surface area is 79.6 Å². The lowest BCUT2D eigenvalue weighted by Gasteiger charge is -2.35. The van der Waals surface area contributed by atoms with Gasteiger partial charge in [0.25, 0.3) is 0 Å². The van der Waals surface area contributed by atoms with Gasteiger partial charge < -0.3 is 10.0 Å². The number of nitrogens with one attached hydrogen (secondary N) is 1. The first-order valence-corrected chi connectivity index (χ1v) is 4.42. The third kappa shape index (κ3) is 1.04. The average molecular weight is 191 g/mol. The van der Waals surface area contributed by atoms with Gasteiger partial charge in [0.05, 0.1) is 17.7 Å². The maximum absolute atomic E-state index is 9.14. The Morgan fingerprint density at radius 2 is 2.29 bits per heavy atom. The summed E-state index contributed by atoms with van der Waals surface area (Å²) in [5.41, 5.74) is 0.733. The van der Waals surface area contributed by atoms with Crippen molar-refractivity contribution in [3.8, 4) is 0 Å². The molecule has 14 heavy (non-hydrogen) atoms. The van der Waals surface area contributed by atoms with E-state index in [2.05, 4.69) is 20.2 Å². The van der Waals surface area contributed by atoms with E-state index < -0.39 is 0 Å². The summed E-state index contributed by atoms with van der Waals surface area (Å²) >= 11 is 0. The molecule has 6 nitrogen and oxygen atoms in total. The highest BCUT2D eigenvalue weighted by atomic mass is 16.3. The highest BCUT2D eigenvalue weighted by Gasteiger charge is 2.26. The number of aliphatic hydroxyl groups excluding tert-OH is 1. The second-order valence-corrected chi connectivity index (χ2v) is 3.40. The van der Waals surface area contributed by atoms with Crippen LogP contribution in [0.2, 0.25) is 0 Å². The van der Waals surface area contributed by atoms with E-state index in [-0.39, 0.29) is 6.10 Å². The predicted octanol–water partition coefficient (Wildman–Crippen LogP) is -0.466. The van der Waals surface area contributed by atoms with Crippen molar-refractivity contribution in [3.63, 3.8) is 0 Å². The molecule has 1 saturated heterocycles. The predicted molar refractivity (Wildman–Crippen MR) is 49.9 cm³/mol. The number of rotatable bonds is 1. The molecule has 0 saturated carbocycles. The van der Waals surface area contributed by atoms with E-state index in [1.54, 1.807) is 12.4 Å². The number of nitrogens with zero attached hydrogens (tertiary/aromatic N) is 4. The molecular formula is C8H9N5O. The number of aromatic nitrogens is 4. The van der Waals surface area contributed by atoms with Gasteiger partial charge in [0.1, 0.15) is 0 Å². The highest BCUT2D eigenvalue weighted by Crippen LogP contribution is 2.17. The van der Waals surface area contributed by atoms with Crippen molar-refractivity contribution in [2.45, 2.75) is 6.10 Å². The van der Waals surface area contributed by atoms with Crippen LogP contribution < -0.4 is 4.90 Å². The van der Waals surface area contributed by atoms with E-state index >= 15 is 0 Å². The topological polar surface area (TPSA) is 77.9 Å². The lowest BCUT2D eigenvalue weighted by molar-refractivity contribution is 0.140. The summed E-state index contributed by atoms with van der Waals surface area (Å²) in [6.45, 7) is 1.22. The van der Waals surface area contributed by atoms with Gasteiger partial charge in [-0.25, -0.2) is 4.98 Å². The third-order valence-corrected chi connectivity index (χ3v) is 2.32. The van der Waals surface area contributed by atoms with Crippen molar-refractivity contribution >= 4 is 17.0 Å². The van der Waals surface area contributed by atoms with Crippen LogP contribution in [0.3, 0.4) is 0 Å². The number of hydrogen-bond donors (Lipinski definition) is 2. The van der Waals surface area contributed by atoms with Crippen molar-refractivity contribution in [3.05, 3.63) is 12.4 Å². The fourth-order valence-electron chi connectivity index (χ4n) is 1.50. The summed E-state index contributed by atoms with van der Waals surface area (Å²) in [5.74, 6) is 0.645. The molecule has 0 aliphatic carbocycles. The fourth-order valence-corrected chi connectivity index (χ4v) is 1.50. The second kappa shape index (κ2) is 2.65. The molecule has 1 fully saturated rings. The molecule has 2 N–H and O–H groups in total. The molecule has 0 bridgehead atoms. The monoisotopic (exact) mass is 191 g/mol. The molecule has 1 aliphatic rings. The molecule has 0 atom stereocenters. The number of H-pyrrole nitrogens is 1. The molecule has 3 rings (SSSR count). The summed E-state index contributed by atoms with van der Waals surface area (Å²) in [5, 5.41) is 16.7. The smallest absolute Gasteiger partial charge is 0.227 e. The van der Waals surface area contributed by atoms with Crippen LogP contribution >= 0.6 is 0 Å². The van der Waals surface area contributed by atoms with E-state index in [0.717, 1.165) is 11.0 Å². The van der Waals surface area contributed by atoms with Crippen LogP contribution in [0.25, 0.3) is 11.0 Å². The van der Waals surface area contributed by atoms with E-state index in [1.807, 2.05) is 4.90 Å². The van der Waals surface area contributed by atoms with Crippen LogP contribution in [0.15, 0.2) is 12.4 Å². The Bertz CT molecular complexity index is 461. The van der Waals surface area contributed by atoms with Gasteiger partial charge in [-0.15, -0.1) is 0 Å². The van der Waals surface area contributed by atoms with E-state index in [1.165, 1.54) is 0 Å². The quantitative estimate of drug-likeness (QED) is 0.637. The van der Waals surface area contributed by atoms with Gasteiger partial charge in [-0.2, -0.15) is 10.1 Å². The van der Waals surface area contributed by atoms with Crippen LogP contribution in [0, 0.1) is 0 Å². The van der Waals surface area contributed by atoms with Crippen LogP contribution in [0.1, 0.15) is 0 Å². The molecule has 2 aromatic rings. The molecule has 0 radical (unpaired) electrons. The zero-order chi connectivity index (χ0) is 9.54. The lowest BCUT2D eigenvalue weighted by Crippen LogP contribution is -2.51. The normalized spacial score (nSPS) is 17.4. The summed E-state index contributed by atoms with van der Waals surface area (Å²) in [4.78, 5) is 10.4. The number of β-amino-alcohol motifs (C(OH)–C–C–N with tert-alkyl or cyclic N) is 1. The van der Waals surface area contributed by atoms with Gasteiger partial charge in [0.2, 0.25) is 5.95 Å². The molecule has 72 valence electrons. The van der Waals surface area contributed by atoms with Crippen LogP contribution in [0.4, 0.5) is 5.95 Å². The number of hydrogen-bond acceptors (Lipinski definition) is 5. The Kier molecular flexibility index (Phi) is 1.45. The van der Waals surface area contributed by atoms with Crippen molar-refractivity contribution in [1.82, 2.24) is 20.2 Å². The number of aromatic amines is 1. The lowest BCUT2D eigenvalue weighted by atomic mass is 10.2. The zero-order valence-electron chi connectivity index (χ0n) is 7.38. The molecule has 0 spiro atoms. The van der Waals surface area contributed by atoms with E-state index in [4.69, 9.17) is 5.11 Å². The van der Waals surface area contributed by atoms with Crippen molar-refractivity contribution in [1.29, 1.82) is 0 Å². The SMILES string of the molecule is OC1CN(c2ncc3cn[nH]c3n2)C1. The minimum Gasteiger partial charge on any atom is -0.389 e. The molecule has 0 amide bonds. The van der Waals surface area contributed by atoms with Crippen LogP contribution in [-0.4, -0.2) is 44.5 Å². The minimum atomic E-state index is -0.240. The molecule has 2 aromatic heterocycles. The van der Waals surface area contributed by atoms with Crippen molar-refractivity contribution in [2.24, 2.45) is 0 Å². The Morgan fingerprint density at radius 3 is 3.07 bits per heavy atom. The first-order chi connectivity index (χ1) is 6.83. The standard InChI is InChI=1S/C8H9N5O/c14-6-3-13(4-6)8-9-1-5-2-10-12-7(5)11-8/h1-2,6,14H,3-4H2,(H,9,10,11,12).